The highest BCUT2D eigenvalue weighted by Gasteiger charge is 2.34. The summed E-state index contributed by atoms with van der Waals surface area (Å²) in [5, 5.41) is 5.96. The molecule has 0 spiro atoms. The summed E-state index contributed by atoms with van der Waals surface area (Å²) in [4.78, 5) is 34.7. The maximum atomic E-state index is 12.3. The Labute approximate surface area is 144 Å². The molecule has 3 heterocycles. The van der Waals surface area contributed by atoms with Gasteiger partial charge in [-0.05, 0) is 19.1 Å². The highest BCUT2D eigenvalue weighted by atomic mass is 32.1. The van der Waals surface area contributed by atoms with Crippen molar-refractivity contribution >= 4 is 23.2 Å². The summed E-state index contributed by atoms with van der Waals surface area (Å²) in [5.41, 5.74) is 1.84. The van der Waals surface area contributed by atoms with Crippen molar-refractivity contribution in [2.45, 2.75) is 26.3 Å². The molecule has 0 bridgehead atoms. The fraction of sp³-hybridized carbons (Fsp3) is 0.412. The lowest BCUT2D eigenvalue weighted by atomic mass is 10.1. The molecule has 1 aliphatic rings. The number of hydrogen-bond donors (Lipinski definition) is 1. The molecule has 0 radical (unpaired) electrons. The van der Waals surface area contributed by atoms with E-state index in [1.165, 1.54) is 0 Å². The SMILES string of the molecule is Cc1nc(CCNC(=O)C2CC(=O)N(Cc3ccccn3)C2)cs1. The first-order valence-corrected chi connectivity index (χ1v) is 8.86. The standard InChI is InChI=1S/C17H20N4O2S/c1-12-20-15(11-24-12)5-7-19-17(23)13-8-16(22)21(9-13)10-14-4-2-3-6-18-14/h2-4,6,11,13H,5,7-10H2,1H3,(H,19,23). The minimum absolute atomic E-state index is 0.0101. The fourth-order valence-electron chi connectivity index (χ4n) is 2.77. The molecule has 24 heavy (non-hydrogen) atoms. The average molecular weight is 344 g/mol. The molecule has 126 valence electrons. The number of rotatable bonds is 6. The molecule has 7 heteroatoms. The molecule has 2 aromatic rings. The number of carbonyl (C=O) groups excluding carboxylic acids is 2. The molecule has 1 fully saturated rings. The summed E-state index contributed by atoms with van der Waals surface area (Å²) >= 11 is 1.61. The van der Waals surface area contributed by atoms with Crippen molar-refractivity contribution in [1.82, 2.24) is 20.2 Å². The Bertz CT molecular complexity index is 716. The lowest BCUT2D eigenvalue weighted by molar-refractivity contribution is -0.129. The molecule has 1 saturated heterocycles. The van der Waals surface area contributed by atoms with E-state index >= 15 is 0 Å². The Morgan fingerprint density at radius 3 is 3.00 bits per heavy atom. The van der Waals surface area contributed by atoms with Gasteiger partial charge < -0.3 is 10.2 Å². The number of hydrogen-bond acceptors (Lipinski definition) is 5. The Morgan fingerprint density at radius 1 is 1.42 bits per heavy atom. The van der Waals surface area contributed by atoms with Crippen molar-refractivity contribution in [2.75, 3.05) is 13.1 Å². The number of aryl methyl sites for hydroxylation is 1. The lowest BCUT2D eigenvalue weighted by Crippen LogP contribution is -2.34. The quantitative estimate of drug-likeness (QED) is 0.863. The summed E-state index contributed by atoms with van der Waals surface area (Å²) in [6.07, 6.45) is 2.70. The summed E-state index contributed by atoms with van der Waals surface area (Å²) in [6, 6.07) is 5.62. The van der Waals surface area contributed by atoms with E-state index in [-0.39, 0.29) is 24.2 Å². The number of pyridine rings is 1. The van der Waals surface area contributed by atoms with Gasteiger partial charge in [0.2, 0.25) is 11.8 Å². The van der Waals surface area contributed by atoms with Gasteiger partial charge in [0, 0.05) is 37.5 Å². The van der Waals surface area contributed by atoms with Gasteiger partial charge >= 0.3 is 0 Å². The first-order valence-electron chi connectivity index (χ1n) is 7.98. The van der Waals surface area contributed by atoms with E-state index in [4.69, 9.17) is 0 Å². The molecule has 1 atom stereocenters. The number of thiazole rings is 1. The molecule has 1 aliphatic heterocycles. The van der Waals surface area contributed by atoms with Crippen LogP contribution in [0.5, 0.6) is 0 Å². The van der Waals surface area contributed by atoms with Crippen LogP contribution < -0.4 is 5.32 Å². The van der Waals surface area contributed by atoms with E-state index in [9.17, 15) is 9.59 Å². The number of likely N-dealkylation sites (tertiary alicyclic amines) is 1. The monoisotopic (exact) mass is 344 g/mol. The van der Waals surface area contributed by atoms with Crippen molar-refractivity contribution in [3.05, 3.63) is 46.2 Å². The third kappa shape index (κ3) is 4.17. The number of nitrogens with zero attached hydrogens (tertiary/aromatic N) is 3. The van der Waals surface area contributed by atoms with E-state index in [0.29, 0.717) is 26.1 Å². The maximum Gasteiger partial charge on any atom is 0.225 e. The Hall–Kier alpha value is -2.28. The van der Waals surface area contributed by atoms with E-state index in [0.717, 1.165) is 16.4 Å². The van der Waals surface area contributed by atoms with Crippen LogP contribution in [-0.2, 0) is 22.6 Å². The van der Waals surface area contributed by atoms with Crippen molar-refractivity contribution in [2.24, 2.45) is 5.92 Å². The molecule has 6 nitrogen and oxygen atoms in total. The smallest absolute Gasteiger partial charge is 0.225 e. The van der Waals surface area contributed by atoms with E-state index < -0.39 is 0 Å². The summed E-state index contributed by atoms with van der Waals surface area (Å²) in [6.45, 7) is 3.43. The molecule has 1 N–H and O–H groups in total. The van der Waals surface area contributed by atoms with Gasteiger partial charge in [-0.3, -0.25) is 14.6 Å². The van der Waals surface area contributed by atoms with Crippen molar-refractivity contribution in [3.8, 4) is 0 Å². The third-order valence-electron chi connectivity index (χ3n) is 4.01. The fourth-order valence-corrected chi connectivity index (χ4v) is 3.42. The van der Waals surface area contributed by atoms with E-state index in [2.05, 4.69) is 15.3 Å². The van der Waals surface area contributed by atoms with E-state index in [1.54, 1.807) is 22.4 Å². The second-order valence-electron chi connectivity index (χ2n) is 5.90. The van der Waals surface area contributed by atoms with Crippen LogP contribution in [0.3, 0.4) is 0 Å². The molecular weight excluding hydrogens is 324 g/mol. The van der Waals surface area contributed by atoms with Gasteiger partial charge in [0.25, 0.3) is 0 Å². The van der Waals surface area contributed by atoms with Gasteiger partial charge in [-0.25, -0.2) is 4.98 Å². The van der Waals surface area contributed by atoms with Crippen LogP contribution in [0.25, 0.3) is 0 Å². The minimum atomic E-state index is -0.279. The molecule has 3 rings (SSSR count). The Morgan fingerprint density at radius 2 is 2.29 bits per heavy atom. The highest BCUT2D eigenvalue weighted by Crippen LogP contribution is 2.19. The molecule has 0 aromatic carbocycles. The second-order valence-corrected chi connectivity index (χ2v) is 6.96. The van der Waals surface area contributed by atoms with Crippen LogP contribution in [0.15, 0.2) is 29.8 Å². The van der Waals surface area contributed by atoms with Gasteiger partial charge in [-0.15, -0.1) is 11.3 Å². The van der Waals surface area contributed by atoms with Gasteiger partial charge in [0.15, 0.2) is 0 Å². The van der Waals surface area contributed by atoms with Crippen LogP contribution in [0, 0.1) is 12.8 Å². The molecule has 0 saturated carbocycles. The summed E-state index contributed by atoms with van der Waals surface area (Å²) in [7, 11) is 0. The molecule has 1 unspecified atom stereocenters. The average Bonchev–Trinajstić information content (AvgIpc) is 3.15. The van der Waals surface area contributed by atoms with Crippen LogP contribution in [0.1, 0.15) is 22.8 Å². The number of amides is 2. The zero-order valence-electron chi connectivity index (χ0n) is 13.6. The summed E-state index contributed by atoms with van der Waals surface area (Å²) in [5.74, 6) is -0.326. The van der Waals surface area contributed by atoms with Crippen LogP contribution in [0.4, 0.5) is 0 Å². The lowest BCUT2D eigenvalue weighted by Gasteiger charge is -2.16. The van der Waals surface area contributed by atoms with Gasteiger partial charge in [-0.2, -0.15) is 0 Å². The second kappa shape index (κ2) is 7.53. The van der Waals surface area contributed by atoms with Crippen LogP contribution in [0.2, 0.25) is 0 Å². The number of carbonyl (C=O) groups is 2. The van der Waals surface area contributed by atoms with Crippen molar-refractivity contribution in [1.29, 1.82) is 0 Å². The van der Waals surface area contributed by atoms with Crippen molar-refractivity contribution < 1.29 is 9.59 Å². The zero-order valence-corrected chi connectivity index (χ0v) is 14.4. The topological polar surface area (TPSA) is 75.2 Å². The van der Waals surface area contributed by atoms with Gasteiger partial charge in [-0.1, -0.05) is 6.07 Å². The zero-order chi connectivity index (χ0) is 16.9. The third-order valence-corrected chi connectivity index (χ3v) is 4.83. The Balaban J connectivity index is 1.47. The largest absolute Gasteiger partial charge is 0.355 e. The Kier molecular flexibility index (Phi) is 5.20. The molecular formula is C17H20N4O2S. The van der Waals surface area contributed by atoms with Gasteiger partial charge in [0.1, 0.15) is 0 Å². The first kappa shape index (κ1) is 16.6. The predicted molar refractivity (Wildman–Crippen MR) is 91.3 cm³/mol. The summed E-state index contributed by atoms with van der Waals surface area (Å²) < 4.78 is 0. The van der Waals surface area contributed by atoms with Crippen LogP contribution in [-0.4, -0.2) is 39.8 Å². The highest BCUT2D eigenvalue weighted by molar-refractivity contribution is 7.09. The number of nitrogens with one attached hydrogen (secondary N) is 1. The molecule has 0 aliphatic carbocycles. The minimum Gasteiger partial charge on any atom is -0.355 e. The maximum absolute atomic E-state index is 12.3. The normalized spacial score (nSPS) is 17.3. The van der Waals surface area contributed by atoms with Gasteiger partial charge in [0.05, 0.1) is 28.9 Å². The van der Waals surface area contributed by atoms with E-state index in [1.807, 2.05) is 30.5 Å². The predicted octanol–water partition coefficient (Wildman–Crippen LogP) is 1.55. The molecule has 2 aromatic heterocycles. The number of aromatic nitrogens is 2. The van der Waals surface area contributed by atoms with Crippen molar-refractivity contribution in [3.63, 3.8) is 0 Å². The molecule has 2 amide bonds. The first-order chi connectivity index (χ1) is 11.6. The van der Waals surface area contributed by atoms with Crippen LogP contribution >= 0.6 is 11.3 Å².